The molecule has 0 amide bonds. The van der Waals surface area contributed by atoms with E-state index in [2.05, 4.69) is 191 Å². The fourth-order valence-electron chi connectivity index (χ4n) is 9.88. The Morgan fingerprint density at radius 1 is 0.559 bits per heavy atom. The maximum Gasteiger partial charge on any atom is 0.240 e. The van der Waals surface area contributed by atoms with E-state index in [1.165, 1.54) is 21.0 Å². The molecule has 0 saturated heterocycles. The Bertz CT molecular complexity index is 3570. The van der Waals surface area contributed by atoms with Gasteiger partial charge in [0.15, 0.2) is 11.6 Å². The predicted octanol–water partition coefficient (Wildman–Crippen LogP) is 12.4. The lowest BCUT2D eigenvalue weighted by atomic mass is 9.76. The summed E-state index contributed by atoms with van der Waals surface area (Å²) in [6.07, 6.45) is 10.8. The minimum absolute atomic E-state index is 0.0387. The molecular weight excluding hydrogens is 743 g/mol. The van der Waals surface area contributed by atoms with Crippen LogP contribution in [0.4, 0.5) is 11.6 Å². The van der Waals surface area contributed by atoms with Gasteiger partial charge in [-0.2, -0.15) is 15.0 Å². The van der Waals surface area contributed by atoms with Crippen molar-refractivity contribution in [1.82, 2.24) is 29.1 Å². The SMILES string of the molecule is CC12C=CC=CC1N(c1nc(-c3cccc4c5ccccc5n(-c5nccc6c5sc5ccccc56)c34)nc(-n3c4ccccc4c4ccccc43)n1)c1ccccc12. The van der Waals surface area contributed by atoms with E-state index in [9.17, 15) is 0 Å². The molecule has 2 atom stereocenters. The van der Waals surface area contributed by atoms with Gasteiger partial charge in [-0.25, -0.2) is 4.98 Å². The second-order valence-electron chi connectivity index (χ2n) is 15.7. The van der Waals surface area contributed by atoms with Crippen LogP contribution in [0.15, 0.2) is 176 Å². The van der Waals surface area contributed by atoms with Crippen molar-refractivity contribution < 1.29 is 0 Å². The Hall–Kier alpha value is -7.42. The minimum atomic E-state index is -0.272. The van der Waals surface area contributed by atoms with Gasteiger partial charge in [-0.1, -0.05) is 127 Å². The monoisotopic (exact) mass is 775 g/mol. The fraction of sp³-hybridized carbons (Fsp3) is 0.0588. The predicted molar refractivity (Wildman–Crippen MR) is 243 cm³/mol. The second-order valence-corrected chi connectivity index (χ2v) is 16.7. The number of rotatable bonds is 4. The number of anilines is 2. The van der Waals surface area contributed by atoms with Crippen LogP contribution in [0.3, 0.4) is 0 Å². The smallest absolute Gasteiger partial charge is 0.240 e. The number of para-hydroxylation sites is 5. The zero-order chi connectivity index (χ0) is 38.8. The number of allylic oxidation sites excluding steroid dienone is 2. The summed E-state index contributed by atoms with van der Waals surface area (Å²) in [7, 11) is 0. The lowest BCUT2D eigenvalue weighted by molar-refractivity contribution is 0.546. The Labute approximate surface area is 342 Å². The van der Waals surface area contributed by atoms with E-state index < -0.39 is 0 Å². The van der Waals surface area contributed by atoms with Gasteiger partial charge in [-0.3, -0.25) is 9.13 Å². The molecule has 7 nitrogen and oxygen atoms in total. The van der Waals surface area contributed by atoms with Crippen molar-refractivity contribution in [2.45, 2.75) is 18.4 Å². The van der Waals surface area contributed by atoms with Crippen molar-refractivity contribution in [3.63, 3.8) is 0 Å². The topological polar surface area (TPSA) is 64.7 Å². The largest absolute Gasteiger partial charge is 0.302 e. The van der Waals surface area contributed by atoms with Crippen LogP contribution in [0.2, 0.25) is 0 Å². The first-order chi connectivity index (χ1) is 29.2. The van der Waals surface area contributed by atoms with Crippen molar-refractivity contribution in [1.29, 1.82) is 0 Å². The molecule has 13 rings (SSSR count). The van der Waals surface area contributed by atoms with Gasteiger partial charge < -0.3 is 4.90 Å². The number of thiophene rings is 1. The van der Waals surface area contributed by atoms with Crippen LogP contribution in [0.25, 0.3) is 86.9 Å². The maximum atomic E-state index is 5.53. The van der Waals surface area contributed by atoms with Crippen molar-refractivity contribution >= 4 is 86.8 Å². The normalized spacial score (nSPS) is 17.3. The lowest BCUT2D eigenvalue weighted by Crippen LogP contribution is -2.40. The minimum Gasteiger partial charge on any atom is -0.302 e. The van der Waals surface area contributed by atoms with Crippen LogP contribution in [-0.2, 0) is 5.41 Å². The van der Waals surface area contributed by atoms with Crippen LogP contribution in [0.1, 0.15) is 12.5 Å². The first-order valence-electron chi connectivity index (χ1n) is 19.9. The molecule has 0 saturated carbocycles. The summed E-state index contributed by atoms with van der Waals surface area (Å²) < 4.78 is 6.91. The molecule has 6 aromatic carbocycles. The molecule has 1 aliphatic carbocycles. The molecule has 2 aliphatic rings. The number of nitrogens with zero attached hydrogens (tertiary/aromatic N) is 7. The lowest BCUT2D eigenvalue weighted by Gasteiger charge is -2.33. The molecule has 0 bridgehead atoms. The van der Waals surface area contributed by atoms with Gasteiger partial charge in [0.25, 0.3) is 0 Å². The summed E-state index contributed by atoms with van der Waals surface area (Å²) in [5, 5.41) is 6.98. The molecule has 59 heavy (non-hydrogen) atoms. The molecule has 0 fully saturated rings. The molecule has 5 aromatic heterocycles. The van der Waals surface area contributed by atoms with Gasteiger partial charge in [0, 0.05) is 59.9 Å². The van der Waals surface area contributed by atoms with Gasteiger partial charge in [0.1, 0.15) is 0 Å². The Morgan fingerprint density at radius 2 is 1.20 bits per heavy atom. The third-order valence-electron chi connectivity index (χ3n) is 12.5. The third-order valence-corrected chi connectivity index (χ3v) is 13.7. The number of aromatic nitrogens is 6. The molecule has 8 heteroatoms. The molecule has 6 heterocycles. The maximum absolute atomic E-state index is 5.53. The summed E-state index contributed by atoms with van der Waals surface area (Å²) in [4.78, 5) is 24.0. The molecular formula is C51H33N7S. The van der Waals surface area contributed by atoms with Gasteiger partial charge in [0.2, 0.25) is 11.9 Å². The highest BCUT2D eigenvalue weighted by Gasteiger charge is 2.47. The first-order valence-corrected chi connectivity index (χ1v) is 20.8. The number of hydrogen-bond acceptors (Lipinski definition) is 6. The summed E-state index contributed by atoms with van der Waals surface area (Å²) in [6, 6.07) is 51.5. The molecule has 0 N–H and O–H groups in total. The van der Waals surface area contributed by atoms with E-state index in [4.69, 9.17) is 19.9 Å². The van der Waals surface area contributed by atoms with Gasteiger partial charge in [-0.05, 0) is 55.0 Å². The van der Waals surface area contributed by atoms with E-state index in [0.717, 1.165) is 65.4 Å². The van der Waals surface area contributed by atoms with Crippen molar-refractivity contribution in [2.24, 2.45) is 0 Å². The van der Waals surface area contributed by atoms with Crippen molar-refractivity contribution in [2.75, 3.05) is 4.90 Å². The van der Waals surface area contributed by atoms with Crippen LogP contribution < -0.4 is 4.90 Å². The standard InChI is InChI=1S/C51H33N7S/c1-51-29-13-12-27-44(51)57(42-25-10-6-21-38(42)51)50-54-47(53-49(55-50)56-39-22-7-2-15-31(39)32-16-3-8-23-40(32)56)37-20-14-19-35-33-17-4-9-24-41(33)58(45(35)37)48-46-36(28-30-52-48)34-18-5-11-26-43(34)59-46/h2-30,44H,1H3. The van der Waals surface area contributed by atoms with Crippen LogP contribution in [0.5, 0.6) is 0 Å². The molecule has 278 valence electrons. The summed E-state index contributed by atoms with van der Waals surface area (Å²) in [5.41, 5.74) is 7.13. The van der Waals surface area contributed by atoms with E-state index in [1.807, 2.05) is 6.20 Å². The zero-order valence-electron chi connectivity index (χ0n) is 31.9. The quantitative estimate of drug-likeness (QED) is 0.178. The number of fused-ring (bicyclic) bond motifs is 12. The zero-order valence-corrected chi connectivity index (χ0v) is 32.7. The molecule has 0 radical (unpaired) electrons. The Balaban J connectivity index is 1.15. The van der Waals surface area contributed by atoms with Crippen LogP contribution in [-0.4, -0.2) is 35.1 Å². The van der Waals surface area contributed by atoms with Crippen molar-refractivity contribution in [3.05, 3.63) is 182 Å². The summed E-state index contributed by atoms with van der Waals surface area (Å²) in [6.45, 7) is 2.31. The average Bonchev–Trinajstić information content (AvgIpc) is 4.01. The van der Waals surface area contributed by atoms with Crippen LogP contribution >= 0.6 is 11.3 Å². The van der Waals surface area contributed by atoms with Crippen molar-refractivity contribution in [3.8, 4) is 23.2 Å². The van der Waals surface area contributed by atoms with E-state index in [0.29, 0.717) is 17.7 Å². The average molecular weight is 776 g/mol. The summed E-state index contributed by atoms with van der Waals surface area (Å²) in [5.74, 6) is 2.64. The Kier molecular flexibility index (Phi) is 6.67. The second kappa shape index (κ2) is 12.0. The highest BCUT2D eigenvalue weighted by atomic mass is 32.1. The highest BCUT2D eigenvalue weighted by molar-refractivity contribution is 7.26. The highest BCUT2D eigenvalue weighted by Crippen LogP contribution is 2.51. The molecule has 11 aromatic rings. The van der Waals surface area contributed by atoms with E-state index in [-0.39, 0.29) is 11.5 Å². The summed E-state index contributed by atoms with van der Waals surface area (Å²) >= 11 is 1.78. The number of hydrogen-bond donors (Lipinski definition) is 0. The molecule has 2 unspecified atom stereocenters. The number of benzene rings is 6. The number of pyridine rings is 1. The molecule has 0 spiro atoms. The van der Waals surface area contributed by atoms with E-state index in [1.54, 1.807) is 11.3 Å². The molecule has 1 aliphatic heterocycles. The van der Waals surface area contributed by atoms with Crippen LogP contribution in [0, 0.1) is 0 Å². The fourth-order valence-corrected chi connectivity index (χ4v) is 11.1. The van der Waals surface area contributed by atoms with Gasteiger partial charge >= 0.3 is 0 Å². The Morgan fingerprint density at radius 3 is 2.00 bits per heavy atom. The van der Waals surface area contributed by atoms with Gasteiger partial charge in [-0.15, -0.1) is 11.3 Å². The third kappa shape index (κ3) is 4.46. The van der Waals surface area contributed by atoms with Gasteiger partial charge in [0.05, 0.1) is 32.8 Å². The van der Waals surface area contributed by atoms with E-state index >= 15 is 0 Å². The first kappa shape index (κ1) is 32.6.